The Kier molecular flexibility index (Phi) is 4.42. The molecule has 1 saturated heterocycles. The quantitative estimate of drug-likeness (QED) is 0.619. The first-order valence-corrected chi connectivity index (χ1v) is 6.39. The maximum absolute atomic E-state index is 13.4. The van der Waals surface area contributed by atoms with Crippen LogP contribution in [0.25, 0.3) is 0 Å². The van der Waals surface area contributed by atoms with Gasteiger partial charge in [-0.05, 0) is 31.4 Å². The second kappa shape index (κ2) is 5.91. The summed E-state index contributed by atoms with van der Waals surface area (Å²) >= 11 is 0. The molecule has 1 aliphatic heterocycles. The minimum atomic E-state index is -4.75. The minimum Gasteiger partial charge on any atom is -0.378 e. The number of alkyl halides is 3. The average molecular weight is 290 g/mol. The van der Waals surface area contributed by atoms with Crippen molar-refractivity contribution in [3.63, 3.8) is 0 Å². The van der Waals surface area contributed by atoms with Gasteiger partial charge in [-0.1, -0.05) is 6.07 Å². The van der Waals surface area contributed by atoms with Crippen molar-refractivity contribution in [2.24, 2.45) is 0 Å². The molecule has 6 heteroatoms. The number of benzene rings is 1. The van der Waals surface area contributed by atoms with Gasteiger partial charge in [0.1, 0.15) is 5.82 Å². The zero-order valence-electron chi connectivity index (χ0n) is 10.7. The number of rotatable bonds is 4. The van der Waals surface area contributed by atoms with Crippen molar-refractivity contribution in [2.75, 3.05) is 6.61 Å². The topological polar surface area (TPSA) is 26.3 Å². The molecule has 1 heterocycles. The molecule has 2 rings (SSSR count). The first-order valence-electron chi connectivity index (χ1n) is 6.39. The monoisotopic (exact) mass is 290 g/mol. The van der Waals surface area contributed by atoms with Crippen LogP contribution in [0, 0.1) is 5.82 Å². The Hall–Kier alpha value is -1.43. The fraction of sp³-hybridized carbons (Fsp3) is 0.500. The molecule has 0 saturated carbocycles. The average Bonchev–Trinajstić information content (AvgIpc) is 2.87. The van der Waals surface area contributed by atoms with Crippen molar-refractivity contribution in [3.05, 3.63) is 35.1 Å². The molecule has 1 aromatic carbocycles. The Labute approximate surface area is 113 Å². The lowest BCUT2D eigenvalue weighted by molar-refractivity contribution is -0.140. The van der Waals surface area contributed by atoms with Crippen LogP contribution in [-0.2, 0) is 10.9 Å². The molecule has 0 bridgehead atoms. The van der Waals surface area contributed by atoms with Gasteiger partial charge < -0.3 is 4.74 Å². The van der Waals surface area contributed by atoms with E-state index in [0.717, 1.165) is 18.9 Å². The van der Waals surface area contributed by atoms with E-state index in [4.69, 9.17) is 4.74 Å². The highest BCUT2D eigenvalue weighted by molar-refractivity contribution is 5.96. The van der Waals surface area contributed by atoms with E-state index in [-0.39, 0.29) is 23.9 Å². The molecule has 0 aromatic heterocycles. The van der Waals surface area contributed by atoms with Crippen molar-refractivity contribution >= 4 is 5.78 Å². The minimum absolute atomic E-state index is 0.0262. The Morgan fingerprint density at radius 2 is 2.10 bits per heavy atom. The van der Waals surface area contributed by atoms with Gasteiger partial charge in [0, 0.05) is 18.6 Å². The van der Waals surface area contributed by atoms with Crippen molar-refractivity contribution in [1.82, 2.24) is 0 Å². The highest BCUT2D eigenvalue weighted by atomic mass is 19.4. The predicted molar refractivity (Wildman–Crippen MR) is 63.9 cm³/mol. The number of ketones is 1. The smallest absolute Gasteiger partial charge is 0.378 e. The lowest BCUT2D eigenvalue weighted by atomic mass is 10.0. The Morgan fingerprint density at radius 1 is 1.35 bits per heavy atom. The van der Waals surface area contributed by atoms with E-state index in [2.05, 4.69) is 0 Å². The van der Waals surface area contributed by atoms with E-state index in [1.807, 2.05) is 0 Å². The summed E-state index contributed by atoms with van der Waals surface area (Å²) in [4.78, 5) is 11.8. The molecule has 1 unspecified atom stereocenters. The number of halogens is 4. The van der Waals surface area contributed by atoms with E-state index in [1.54, 1.807) is 0 Å². The van der Waals surface area contributed by atoms with E-state index in [9.17, 15) is 22.4 Å². The SMILES string of the molecule is O=C(CCC1CCCO1)c1ccc(C(F)(F)F)c(F)c1. The van der Waals surface area contributed by atoms with Gasteiger partial charge in [0.2, 0.25) is 0 Å². The van der Waals surface area contributed by atoms with Crippen molar-refractivity contribution in [2.45, 2.75) is 38.0 Å². The molecular weight excluding hydrogens is 276 g/mol. The molecule has 110 valence electrons. The summed E-state index contributed by atoms with van der Waals surface area (Å²) in [6.45, 7) is 0.674. The number of hydrogen-bond donors (Lipinski definition) is 0. The van der Waals surface area contributed by atoms with Gasteiger partial charge >= 0.3 is 6.18 Å². The Balaban J connectivity index is 2.01. The first-order chi connectivity index (χ1) is 9.38. The normalized spacial score (nSPS) is 19.3. The first kappa shape index (κ1) is 15.0. The molecule has 0 aliphatic carbocycles. The van der Waals surface area contributed by atoms with Crippen LogP contribution in [0.2, 0.25) is 0 Å². The van der Waals surface area contributed by atoms with Gasteiger partial charge in [0.25, 0.3) is 0 Å². The maximum Gasteiger partial charge on any atom is 0.419 e. The number of hydrogen-bond acceptors (Lipinski definition) is 2. The molecule has 0 radical (unpaired) electrons. The third-order valence-corrected chi connectivity index (χ3v) is 3.31. The van der Waals surface area contributed by atoms with Crippen LogP contribution in [0.4, 0.5) is 17.6 Å². The van der Waals surface area contributed by atoms with Crippen LogP contribution in [0.15, 0.2) is 18.2 Å². The van der Waals surface area contributed by atoms with Crippen LogP contribution < -0.4 is 0 Å². The summed E-state index contributed by atoms with van der Waals surface area (Å²) < 4.78 is 55.9. The van der Waals surface area contributed by atoms with Gasteiger partial charge in [-0.15, -0.1) is 0 Å². The van der Waals surface area contributed by atoms with Gasteiger partial charge in [0.05, 0.1) is 11.7 Å². The molecule has 2 nitrogen and oxygen atoms in total. The van der Waals surface area contributed by atoms with E-state index in [1.165, 1.54) is 0 Å². The molecule has 20 heavy (non-hydrogen) atoms. The second-order valence-electron chi connectivity index (χ2n) is 4.79. The fourth-order valence-electron chi connectivity index (χ4n) is 2.23. The summed E-state index contributed by atoms with van der Waals surface area (Å²) in [7, 11) is 0. The largest absolute Gasteiger partial charge is 0.419 e. The zero-order chi connectivity index (χ0) is 14.8. The highest BCUT2D eigenvalue weighted by Gasteiger charge is 2.34. The van der Waals surface area contributed by atoms with E-state index >= 15 is 0 Å². The van der Waals surface area contributed by atoms with Gasteiger partial charge in [0.15, 0.2) is 5.78 Å². The maximum atomic E-state index is 13.4. The standard InChI is InChI=1S/C14H14F4O2/c15-12-8-9(3-5-11(12)14(16,17)18)13(19)6-4-10-2-1-7-20-10/h3,5,8,10H,1-2,4,6-7H2. The Bertz CT molecular complexity index is 490. The summed E-state index contributed by atoms with van der Waals surface area (Å²) in [5.41, 5.74) is -1.39. The van der Waals surface area contributed by atoms with Crippen LogP contribution in [0.5, 0.6) is 0 Å². The molecule has 1 aromatic rings. The molecule has 0 spiro atoms. The molecular formula is C14H14F4O2. The summed E-state index contributed by atoms with van der Waals surface area (Å²) in [6, 6.07) is 2.28. The van der Waals surface area contributed by atoms with Crippen molar-refractivity contribution in [1.29, 1.82) is 0 Å². The predicted octanol–water partition coefficient (Wildman–Crippen LogP) is 3.99. The summed E-state index contributed by atoms with van der Waals surface area (Å²) in [6.07, 6.45) is -2.22. The Morgan fingerprint density at radius 3 is 2.65 bits per heavy atom. The van der Waals surface area contributed by atoms with Crippen molar-refractivity contribution < 1.29 is 27.1 Å². The third kappa shape index (κ3) is 3.56. The lowest BCUT2D eigenvalue weighted by Gasteiger charge is -2.10. The van der Waals surface area contributed by atoms with Crippen molar-refractivity contribution in [3.8, 4) is 0 Å². The number of carbonyl (C=O) groups excluding carboxylic acids is 1. The second-order valence-corrected chi connectivity index (χ2v) is 4.79. The van der Waals surface area contributed by atoms with Crippen LogP contribution in [-0.4, -0.2) is 18.5 Å². The van der Waals surface area contributed by atoms with Crippen LogP contribution >= 0.6 is 0 Å². The number of carbonyl (C=O) groups is 1. The molecule has 1 atom stereocenters. The van der Waals surface area contributed by atoms with Crippen LogP contribution in [0.1, 0.15) is 41.6 Å². The summed E-state index contributed by atoms with van der Waals surface area (Å²) in [5.74, 6) is -1.78. The zero-order valence-corrected chi connectivity index (χ0v) is 10.7. The number of ether oxygens (including phenoxy) is 1. The van der Waals surface area contributed by atoms with Gasteiger partial charge in [-0.25, -0.2) is 4.39 Å². The van der Waals surface area contributed by atoms with E-state index in [0.29, 0.717) is 25.2 Å². The lowest BCUT2D eigenvalue weighted by Crippen LogP contribution is -2.11. The van der Waals surface area contributed by atoms with Gasteiger partial charge in [-0.2, -0.15) is 13.2 Å². The van der Waals surface area contributed by atoms with Gasteiger partial charge in [-0.3, -0.25) is 4.79 Å². The summed E-state index contributed by atoms with van der Waals surface area (Å²) in [5, 5.41) is 0. The van der Waals surface area contributed by atoms with Crippen LogP contribution in [0.3, 0.4) is 0 Å². The fourth-order valence-corrected chi connectivity index (χ4v) is 2.23. The molecule has 1 aliphatic rings. The third-order valence-electron chi connectivity index (χ3n) is 3.31. The van der Waals surface area contributed by atoms with E-state index < -0.39 is 17.6 Å². The number of Topliss-reactive ketones (excluding diaryl/α,β-unsaturated/α-hetero) is 1. The highest BCUT2D eigenvalue weighted by Crippen LogP contribution is 2.31. The molecule has 1 fully saturated rings. The molecule has 0 amide bonds. The molecule has 0 N–H and O–H groups in total.